The Morgan fingerprint density at radius 1 is 1.65 bits per heavy atom. The molecule has 1 N–H and O–H groups in total. The van der Waals surface area contributed by atoms with Crippen LogP contribution in [-0.2, 0) is 0 Å². The molecule has 1 saturated carbocycles. The van der Waals surface area contributed by atoms with Crippen LogP contribution in [0.1, 0.15) is 31.5 Å². The summed E-state index contributed by atoms with van der Waals surface area (Å²) < 4.78 is 5.21. The molecular weight excluding hydrogens is 252 g/mol. The molecule has 0 bridgehead atoms. The van der Waals surface area contributed by atoms with E-state index in [1.165, 1.54) is 11.5 Å². The number of rotatable bonds is 3. The largest absolute Gasteiger partial charge is 0.302 e. The summed E-state index contributed by atoms with van der Waals surface area (Å²) in [5, 5.41) is 12.9. The van der Waals surface area contributed by atoms with Gasteiger partial charge in [-0.05, 0) is 51.2 Å². The molecule has 2 unspecified atom stereocenters. The van der Waals surface area contributed by atoms with Gasteiger partial charge in [-0.3, -0.25) is 0 Å². The van der Waals surface area contributed by atoms with Crippen LogP contribution in [0.4, 0.5) is 0 Å². The summed E-state index contributed by atoms with van der Waals surface area (Å²) >= 11 is 3.23. The highest BCUT2D eigenvalue weighted by Crippen LogP contribution is 2.38. The number of nitriles is 1. The van der Waals surface area contributed by atoms with Gasteiger partial charge in [-0.15, -0.1) is 0 Å². The summed E-state index contributed by atoms with van der Waals surface area (Å²) in [5.74, 6) is 0.841. The maximum atomic E-state index is 9.28. The number of hydrogen-bond acceptors (Lipinski definition) is 6. The van der Waals surface area contributed by atoms with Crippen LogP contribution >= 0.6 is 23.3 Å². The molecule has 1 fully saturated rings. The van der Waals surface area contributed by atoms with Gasteiger partial charge in [0, 0.05) is 5.25 Å². The lowest BCUT2D eigenvalue weighted by molar-refractivity contribution is 0.323. The van der Waals surface area contributed by atoms with E-state index < -0.39 is 0 Å². The third-order valence-corrected chi connectivity index (χ3v) is 5.32. The number of thioether (sulfide) groups is 1. The van der Waals surface area contributed by atoms with Crippen LogP contribution in [-0.4, -0.2) is 27.2 Å². The van der Waals surface area contributed by atoms with E-state index in [0.29, 0.717) is 5.25 Å². The number of aryl methyl sites for hydroxylation is 1. The highest BCUT2D eigenvalue weighted by Gasteiger charge is 2.35. The van der Waals surface area contributed by atoms with Gasteiger partial charge in [-0.2, -0.15) is 9.64 Å². The minimum absolute atomic E-state index is 0.338. The minimum Gasteiger partial charge on any atom is -0.302 e. The third-order valence-electron chi connectivity index (χ3n) is 3.17. The van der Waals surface area contributed by atoms with Gasteiger partial charge in [0.2, 0.25) is 0 Å². The summed E-state index contributed by atoms with van der Waals surface area (Å²) in [6, 6.07) is 2.43. The minimum atomic E-state index is -0.338. The number of hydrogen-bond donors (Lipinski definition) is 1. The molecule has 0 aromatic carbocycles. The predicted octanol–water partition coefficient (Wildman–Crippen LogP) is 2.36. The fourth-order valence-electron chi connectivity index (χ4n) is 2.18. The Balaban J connectivity index is 2.01. The number of nitrogens with zero attached hydrogens (tertiary/aromatic N) is 3. The molecule has 1 aromatic heterocycles. The highest BCUT2D eigenvalue weighted by molar-refractivity contribution is 8.01. The molecule has 0 saturated heterocycles. The van der Waals surface area contributed by atoms with Crippen LogP contribution in [0.25, 0.3) is 0 Å². The fourth-order valence-corrected chi connectivity index (χ4v) is 4.42. The zero-order valence-electron chi connectivity index (χ0n) is 10.1. The van der Waals surface area contributed by atoms with Crippen LogP contribution < -0.4 is 5.32 Å². The van der Waals surface area contributed by atoms with Gasteiger partial charge < -0.3 is 5.32 Å². The molecule has 1 aliphatic carbocycles. The van der Waals surface area contributed by atoms with E-state index in [1.807, 2.05) is 14.0 Å². The highest BCUT2D eigenvalue weighted by atomic mass is 32.2. The molecule has 0 aliphatic heterocycles. The van der Waals surface area contributed by atoms with Crippen molar-refractivity contribution in [2.45, 2.75) is 47.7 Å². The monoisotopic (exact) mass is 268 g/mol. The van der Waals surface area contributed by atoms with Gasteiger partial charge in [0.05, 0.1) is 6.07 Å². The fraction of sp³-hybridized carbons (Fsp3) is 0.727. The Kier molecular flexibility index (Phi) is 4.02. The van der Waals surface area contributed by atoms with Crippen molar-refractivity contribution in [1.82, 2.24) is 14.7 Å². The van der Waals surface area contributed by atoms with Crippen molar-refractivity contribution >= 4 is 23.3 Å². The molecule has 6 heteroatoms. The van der Waals surface area contributed by atoms with Crippen molar-refractivity contribution in [1.29, 1.82) is 5.26 Å². The van der Waals surface area contributed by atoms with E-state index in [2.05, 4.69) is 20.7 Å². The SMILES string of the molecule is CNC1(C#N)CCCC(Sc2nc(C)ns2)C1. The Morgan fingerprint density at radius 3 is 3.06 bits per heavy atom. The quantitative estimate of drug-likeness (QED) is 0.912. The summed E-state index contributed by atoms with van der Waals surface area (Å²) in [6.07, 6.45) is 4.10. The zero-order valence-corrected chi connectivity index (χ0v) is 11.7. The van der Waals surface area contributed by atoms with Crippen molar-refractivity contribution in [2.24, 2.45) is 0 Å². The number of aromatic nitrogens is 2. The van der Waals surface area contributed by atoms with Crippen molar-refractivity contribution in [3.8, 4) is 6.07 Å². The first-order valence-corrected chi connectivity index (χ1v) is 7.40. The summed E-state index contributed by atoms with van der Waals surface area (Å²) in [7, 11) is 1.88. The van der Waals surface area contributed by atoms with E-state index in [0.717, 1.165) is 35.8 Å². The lowest BCUT2D eigenvalue weighted by Gasteiger charge is -2.34. The van der Waals surface area contributed by atoms with Crippen LogP contribution in [0.15, 0.2) is 4.34 Å². The Hall–Kier alpha value is -0.640. The molecule has 1 heterocycles. The average Bonchev–Trinajstić information content (AvgIpc) is 2.75. The van der Waals surface area contributed by atoms with E-state index in [9.17, 15) is 5.26 Å². The molecule has 2 atom stereocenters. The first kappa shape index (κ1) is 12.8. The summed E-state index contributed by atoms with van der Waals surface area (Å²) in [6.45, 7) is 1.91. The van der Waals surface area contributed by atoms with Crippen molar-refractivity contribution in [3.63, 3.8) is 0 Å². The second kappa shape index (κ2) is 5.34. The molecule has 0 radical (unpaired) electrons. The Bertz CT molecular complexity index is 425. The van der Waals surface area contributed by atoms with E-state index in [-0.39, 0.29) is 5.54 Å². The molecule has 0 amide bonds. The second-order valence-electron chi connectivity index (χ2n) is 4.39. The standard InChI is InChI=1S/C11H16N4S2/c1-8-14-10(17-15-8)16-9-4-3-5-11(6-9,7-12)13-2/h9,13H,3-6H2,1-2H3. The van der Waals surface area contributed by atoms with Gasteiger partial charge in [0.25, 0.3) is 0 Å². The molecule has 17 heavy (non-hydrogen) atoms. The molecule has 92 valence electrons. The molecule has 1 aliphatic rings. The Labute approximate surface area is 110 Å². The van der Waals surface area contributed by atoms with Gasteiger partial charge in [-0.25, -0.2) is 4.98 Å². The van der Waals surface area contributed by atoms with Gasteiger partial charge in [0.1, 0.15) is 11.4 Å². The molecule has 1 aromatic rings. The Morgan fingerprint density at radius 2 is 2.47 bits per heavy atom. The average molecular weight is 268 g/mol. The first-order chi connectivity index (χ1) is 8.17. The van der Waals surface area contributed by atoms with Crippen LogP contribution in [0.5, 0.6) is 0 Å². The topological polar surface area (TPSA) is 61.6 Å². The predicted molar refractivity (Wildman–Crippen MR) is 70.2 cm³/mol. The first-order valence-electron chi connectivity index (χ1n) is 5.74. The molecular formula is C11H16N4S2. The normalized spacial score (nSPS) is 28.9. The van der Waals surface area contributed by atoms with Crippen molar-refractivity contribution in [3.05, 3.63) is 5.82 Å². The lowest BCUT2D eigenvalue weighted by atomic mass is 9.83. The van der Waals surface area contributed by atoms with Crippen LogP contribution in [0, 0.1) is 18.3 Å². The third kappa shape index (κ3) is 2.97. The lowest BCUT2D eigenvalue weighted by Crippen LogP contribution is -2.46. The smallest absolute Gasteiger partial charge is 0.170 e. The van der Waals surface area contributed by atoms with Crippen LogP contribution in [0.2, 0.25) is 0 Å². The second-order valence-corrected chi connectivity index (χ2v) is 6.69. The zero-order chi connectivity index (χ0) is 12.3. The van der Waals surface area contributed by atoms with Gasteiger partial charge >= 0.3 is 0 Å². The molecule has 0 spiro atoms. The maximum Gasteiger partial charge on any atom is 0.170 e. The van der Waals surface area contributed by atoms with Gasteiger partial charge in [0.15, 0.2) is 4.34 Å². The summed E-state index contributed by atoms with van der Waals surface area (Å²) in [5.41, 5.74) is -0.338. The maximum absolute atomic E-state index is 9.28. The van der Waals surface area contributed by atoms with E-state index in [4.69, 9.17) is 0 Å². The van der Waals surface area contributed by atoms with E-state index >= 15 is 0 Å². The van der Waals surface area contributed by atoms with Crippen molar-refractivity contribution in [2.75, 3.05) is 7.05 Å². The molecule has 2 rings (SSSR count). The van der Waals surface area contributed by atoms with Crippen LogP contribution in [0.3, 0.4) is 0 Å². The van der Waals surface area contributed by atoms with E-state index in [1.54, 1.807) is 11.8 Å². The molecule has 4 nitrogen and oxygen atoms in total. The summed E-state index contributed by atoms with van der Waals surface area (Å²) in [4.78, 5) is 4.37. The van der Waals surface area contributed by atoms with Crippen molar-refractivity contribution < 1.29 is 0 Å². The number of nitrogens with one attached hydrogen (secondary N) is 1. The van der Waals surface area contributed by atoms with Gasteiger partial charge in [-0.1, -0.05) is 11.8 Å².